The fourth-order valence-electron chi connectivity index (χ4n) is 1.21. The second-order valence-corrected chi connectivity index (χ2v) is 3.77. The molecule has 0 aliphatic rings. The molecule has 1 aromatic rings. The molecule has 14 heavy (non-hydrogen) atoms. The SMILES string of the molecule is Cc1cc(CNC(C#N)C(C)C)n[nH]1. The summed E-state index contributed by atoms with van der Waals surface area (Å²) in [6.45, 7) is 6.65. The van der Waals surface area contributed by atoms with Crippen LogP contribution in [0.25, 0.3) is 0 Å². The molecule has 1 rings (SSSR count). The smallest absolute Gasteiger partial charge is 0.0979 e. The molecule has 1 atom stereocenters. The minimum absolute atomic E-state index is 0.105. The maximum Gasteiger partial charge on any atom is 0.0979 e. The lowest BCUT2D eigenvalue weighted by Crippen LogP contribution is -2.31. The van der Waals surface area contributed by atoms with Gasteiger partial charge in [-0.05, 0) is 18.9 Å². The van der Waals surface area contributed by atoms with E-state index in [-0.39, 0.29) is 6.04 Å². The maximum atomic E-state index is 8.84. The Kier molecular flexibility index (Phi) is 3.66. The molecule has 0 aliphatic heterocycles. The Bertz CT molecular complexity index is 321. The van der Waals surface area contributed by atoms with Crippen LogP contribution in [0, 0.1) is 24.2 Å². The van der Waals surface area contributed by atoms with Crippen molar-refractivity contribution in [3.05, 3.63) is 17.5 Å². The largest absolute Gasteiger partial charge is 0.296 e. The molecule has 0 amide bonds. The molecular weight excluding hydrogens is 176 g/mol. The van der Waals surface area contributed by atoms with E-state index in [1.165, 1.54) is 0 Å². The van der Waals surface area contributed by atoms with Crippen LogP contribution in [0.5, 0.6) is 0 Å². The van der Waals surface area contributed by atoms with Gasteiger partial charge in [-0.25, -0.2) is 0 Å². The van der Waals surface area contributed by atoms with Crippen LogP contribution in [-0.4, -0.2) is 16.2 Å². The highest BCUT2D eigenvalue weighted by molar-refractivity contribution is 5.07. The molecule has 0 saturated carbocycles. The van der Waals surface area contributed by atoms with E-state index in [1.54, 1.807) is 0 Å². The number of nitrogens with one attached hydrogen (secondary N) is 2. The van der Waals surface area contributed by atoms with E-state index in [0.717, 1.165) is 11.4 Å². The van der Waals surface area contributed by atoms with Crippen molar-refractivity contribution in [1.82, 2.24) is 15.5 Å². The van der Waals surface area contributed by atoms with Crippen molar-refractivity contribution in [2.75, 3.05) is 0 Å². The molecule has 2 N–H and O–H groups in total. The van der Waals surface area contributed by atoms with Gasteiger partial charge < -0.3 is 0 Å². The zero-order chi connectivity index (χ0) is 10.6. The molecule has 4 nitrogen and oxygen atoms in total. The van der Waals surface area contributed by atoms with Crippen molar-refractivity contribution in [2.45, 2.75) is 33.4 Å². The number of rotatable bonds is 4. The zero-order valence-electron chi connectivity index (χ0n) is 8.83. The fourth-order valence-corrected chi connectivity index (χ4v) is 1.21. The monoisotopic (exact) mass is 192 g/mol. The van der Waals surface area contributed by atoms with Crippen LogP contribution in [0.3, 0.4) is 0 Å². The molecule has 0 aromatic carbocycles. The van der Waals surface area contributed by atoms with Crippen LogP contribution in [0.2, 0.25) is 0 Å². The van der Waals surface area contributed by atoms with E-state index in [9.17, 15) is 0 Å². The van der Waals surface area contributed by atoms with E-state index < -0.39 is 0 Å². The first kappa shape index (κ1) is 10.7. The number of hydrogen-bond acceptors (Lipinski definition) is 3. The summed E-state index contributed by atoms with van der Waals surface area (Å²) < 4.78 is 0. The first-order chi connectivity index (χ1) is 6.63. The third-order valence-electron chi connectivity index (χ3n) is 2.07. The summed E-state index contributed by atoms with van der Waals surface area (Å²) in [6.07, 6.45) is 0. The van der Waals surface area contributed by atoms with Crippen molar-refractivity contribution in [1.29, 1.82) is 5.26 Å². The number of hydrogen-bond donors (Lipinski definition) is 2. The van der Waals surface area contributed by atoms with Gasteiger partial charge in [0.2, 0.25) is 0 Å². The fraction of sp³-hybridized carbons (Fsp3) is 0.600. The lowest BCUT2D eigenvalue weighted by atomic mass is 10.1. The summed E-state index contributed by atoms with van der Waals surface area (Å²) in [5.74, 6) is 0.319. The Labute approximate surface area is 84.3 Å². The van der Waals surface area contributed by atoms with Crippen LogP contribution < -0.4 is 5.32 Å². The highest BCUT2D eigenvalue weighted by Crippen LogP contribution is 2.02. The molecule has 0 bridgehead atoms. The Morgan fingerprint density at radius 3 is 2.79 bits per heavy atom. The van der Waals surface area contributed by atoms with Gasteiger partial charge in [0.1, 0.15) is 0 Å². The van der Waals surface area contributed by atoms with Gasteiger partial charge in [0.15, 0.2) is 0 Å². The van der Waals surface area contributed by atoms with E-state index in [0.29, 0.717) is 12.5 Å². The predicted octanol–water partition coefficient (Wildman–Crippen LogP) is 1.36. The number of aromatic nitrogens is 2. The van der Waals surface area contributed by atoms with Crippen LogP contribution in [0.1, 0.15) is 25.2 Å². The molecule has 0 spiro atoms. The average molecular weight is 192 g/mol. The van der Waals surface area contributed by atoms with Gasteiger partial charge >= 0.3 is 0 Å². The second kappa shape index (κ2) is 4.77. The highest BCUT2D eigenvalue weighted by Gasteiger charge is 2.11. The average Bonchev–Trinajstić information content (AvgIpc) is 2.52. The third-order valence-corrected chi connectivity index (χ3v) is 2.07. The van der Waals surface area contributed by atoms with Crippen LogP contribution in [-0.2, 0) is 6.54 Å². The molecule has 1 unspecified atom stereocenters. The van der Waals surface area contributed by atoms with Crippen molar-refractivity contribution in [2.24, 2.45) is 5.92 Å². The Morgan fingerprint density at radius 1 is 1.64 bits per heavy atom. The quantitative estimate of drug-likeness (QED) is 0.757. The predicted molar refractivity (Wildman–Crippen MR) is 54.4 cm³/mol. The van der Waals surface area contributed by atoms with Crippen molar-refractivity contribution in [3.63, 3.8) is 0 Å². The number of H-pyrrole nitrogens is 1. The van der Waals surface area contributed by atoms with Crippen molar-refractivity contribution >= 4 is 0 Å². The third kappa shape index (κ3) is 2.86. The van der Waals surface area contributed by atoms with E-state index >= 15 is 0 Å². The normalized spacial score (nSPS) is 12.8. The molecule has 1 aromatic heterocycles. The molecule has 1 heterocycles. The van der Waals surface area contributed by atoms with Gasteiger partial charge in [0.05, 0.1) is 17.8 Å². The summed E-state index contributed by atoms with van der Waals surface area (Å²) in [5, 5.41) is 18.9. The summed E-state index contributed by atoms with van der Waals surface area (Å²) in [4.78, 5) is 0. The second-order valence-electron chi connectivity index (χ2n) is 3.77. The summed E-state index contributed by atoms with van der Waals surface area (Å²) in [7, 11) is 0. The van der Waals surface area contributed by atoms with Gasteiger partial charge in [-0.2, -0.15) is 10.4 Å². The summed E-state index contributed by atoms with van der Waals surface area (Å²) in [5.41, 5.74) is 1.99. The van der Waals surface area contributed by atoms with E-state index in [4.69, 9.17) is 5.26 Å². The van der Waals surface area contributed by atoms with Gasteiger partial charge in [-0.1, -0.05) is 13.8 Å². The van der Waals surface area contributed by atoms with E-state index in [1.807, 2.05) is 26.8 Å². The minimum atomic E-state index is -0.105. The number of aromatic amines is 1. The Morgan fingerprint density at radius 2 is 2.36 bits per heavy atom. The van der Waals surface area contributed by atoms with Gasteiger partial charge in [0, 0.05) is 12.2 Å². The summed E-state index contributed by atoms with van der Waals surface area (Å²) >= 11 is 0. The van der Waals surface area contributed by atoms with Crippen LogP contribution >= 0.6 is 0 Å². The number of nitriles is 1. The highest BCUT2D eigenvalue weighted by atomic mass is 15.1. The van der Waals surface area contributed by atoms with Crippen molar-refractivity contribution < 1.29 is 0 Å². The molecule has 0 fully saturated rings. The Hall–Kier alpha value is -1.34. The first-order valence-corrected chi connectivity index (χ1v) is 4.77. The van der Waals surface area contributed by atoms with Crippen LogP contribution in [0.4, 0.5) is 0 Å². The Balaban J connectivity index is 2.44. The topological polar surface area (TPSA) is 64.5 Å². The lowest BCUT2D eigenvalue weighted by Gasteiger charge is -2.13. The van der Waals surface area contributed by atoms with Gasteiger partial charge in [0.25, 0.3) is 0 Å². The molecule has 76 valence electrons. The van der Waals surface area contributed by atoms with Gasteiger partial charge in [-0.3, -0.25) is 10.4 Å². The molecular formula is C10H16N4. The molecule has 0 saturated heterocycles. The van der Waals surface area contributed by atoms with E-state index in [2.05, 4.69) is 21.6 Å². The summed E-state index contributed by atoms with van der Waals surface area (Å²) in [6, 6.07) is 4.10. The molecule has 0 radical (unpaired) electrons. The molecule has 4 heteroatoms. The lowest BCUT2D eigenvalue weighted by molar-refractivity contribution is 0.469. The van der Waals surface area contributed by atoms with Gasteiger partial charge in [-0.15, -0.1) is 0 Å². The van der Waals surface area contributed by atoms with Crippen molar-refractivity contribution in [3.8, 4) is 6.07 Å². The number of nitrogens with zero attached hydrogens (tertiary/aromatic N) is 2. The molecule has 0 aliphatic carbocycles. The minimum Gasteiger partial charge on any atom is -0.296 e. The van der Waals surface area contributed by atoms with Crippen LogP contribution in [0.15, 0.2) is 6.07 Å². The standard InChI is InChI=1S/C10H16N4/c1-7(2)10(5-11)12-6-9-4-8(3)13-14-9/h4,7,10,12H,6H2,1-3H3,(H,13,14). The number of aryl methyl sites for hydroxylation is 1. The first-order valence-electron chi connectivity index (χ1n) is 4.77. The zero-order valence-corrected chi connectivity index (χ0v) is 8.83. The maximum absolute atomic E-state index is 8.84.